The van der Waals surface area contributed by atoms with Gasteiger partial charge in [0.15, 0.2) is 11.5 Å². The summed E-state index contributed by atoms with van der Waals surface area (Å²) in [7, 11) is 0. The van der Waals surface area contributed by atoms with Gasteiger partial charge in [0.25, 0.3) is 0 Å². The summed E-state index contributed by atoms with van der Waals surface area (Å²) in [6.07, 6.45) is 0.764. The minimum absolute atomic E-state index is 0.301. The normalized spacial score (nSPS) is 23.4. The molecule has 0 unspecified atom stereocenters. The van der Waals surface area contributed by atoms with Gasteiger partial charge in [0.1, 0.15) is 5.60 Å². The molecule has 1 atom stereocenters. The van der Waals surface area contributed by atoms with Crippen molar-refractivity contribution in [3.05, 3.63) is 59.2 Å². The highest BCUT2D eigenvalue weighted by Crippen LogP contribution is 2.37. The lowest BCUT2D eigenvalue weighted by atomic mass is 9.93. The molecule has 2 aliphatic heterocycles. The molecule has 0 spiro atoms. The van der Waals surface area contributed by atoms with Crippen LogP contribution in [0.5, 0.6) is 11.5 Å². The molecule has 2 aliphatic rings. The van der Waals surface area contributed by atoms with Gasteiger partial charge in [0.2, 0.25) is 6.79 Å². The number of rotatable bonds is 3. The number of fused-ring (bicyclic) bond motifs is 1. The Morgan fingerprint density at radius 2 is 1.87 bits per heavy atom. The van der Waals surface area contributed by atoms with Crippen molar-refractivity contribution in [1.82, 2.24) is 4.90 Å². The van der Waals surface area contributed by atoms with Crippen molar-refractivity contribution in [3.8, 4) is 11.5 Å². The number of aliphatic hydroxyl groups is 1. The number of hydrogen-bond acceptors (Lipinski definition) is 4. The summed E-state index contributed by atoms with van der Waals surface area (Å²) in [6, 6.07) is 14.1. The summed E-state index contributed by atoms with van der Waals surface area (Å²) in [5.41, 5.74) is 2.69. The minimum Gasteiger partial charge on any atom is -0.454 e. The first-order chi connectivity index (χ1) is 11.1. The summed E-state index contributed by atoms with van der Waals surface area (Å²) in [5.74, 6) is 1.65. The highest BCUT2D eigenvalue weighted by molar-refractivity contribution is 5.48. The molecule has 120 valence electrons. The van der Waals surface area contributed by atoms with Crippen LogP contribution in [0.4, 0.5) is 0 Å². The molecule has 2 heterocycles. The fourth-order valence-electron chi connectivity index (χ4n) is 3.49. The summed E-state index contributed by atoms with van der Waals surface area (Å²) in [6.45, 7) is 4.76. The maximum atomic E-state index is 10.9. The first-order valence-corrected chi connectivity index (χ1v) is 8.03. The van der Waals surface area contributed by atoms with E-state index in [1.54, 1.807) is 0 Å². The second-order valence-electron chi connectivity index (χ2n) is 6.49. The van der Waals surface area contributed by atoms with Crippen LogP contribution in [-0.4, -0.2) is 29.9 Å². The fraction of sp³-hybridized carbons (Fsp3) is 0.368. The van der Waals surface area contributed by atoms with Crippen LogP contribution in [0, 0.1) is 6.92 Å². The molecule has 4 rings (SSSR count). The Hall–Kier alpha value is -2.04. The monoisotopic (exact) mass is 311 g/mol. The Labute approximate surface area is 136 Å². The lowest BCUT2D eigenvalue weighted by Crippen LogP contribution is -2.30. The molecule has 4 nitrogen and oxygen atoms in total. The average Bonchev–Trinajstić information content (AvgIpc) is 3.16. The van der Waals surface area contributed by atoms with Crippen LogP contribution in [0.2, 0.25) is 0 Å². The van der Waals surface area contributed by atoms with E-state index < -0.39 is 5.60 Å². The first-order valence-electron chi connectivity index (χ1n) is 8.03. The highest BCUT2D eigenvalue weighted by atomic mass is 16.7. The van der Waals surface area contributed by atoms with Gasteiger partial charge >= 0.3 is 0 Å². The van der Waals surface area contributed by atoms with Crippen molar-refractivity contribution < 1.29 is 14.6 Å². The average molecular weight is 311 g/mol. The van der Waals surface area contributed by atoms with Crippen molar-refractivity contribution in [3.63, 3.8) is 0 Å². The third-order valence-electron chi connectivity index (χ3n) is 4.86. The van der Waals surface area contributed by atoms with Gasteiger partial charge in [-0.2, -0.15) is 0 Å². The number of likely N-dealkylation sites (tertiary alicyclic amines) is 1. The molecular weight excluding hydrogens is 290 g/mol. The third kappa shape index (κ3) is 2.69. The first kappa shape index (κ1) is 14.5. The van der Waals surface area contributed by atoms with Gasteiger partial charge < -0.3 is 14.6 Å². The number of benzene rings is 2. The van der Waals surface area contributed by atoms with Crippen LogP contribution in [0.1, 0.15) is 23.1 Å². The number of β-amino-alcohol motifs (C(OH)–C–C–N with tert-alkyl or cyclic N) is 1. The van der Waals surface area contributed by atoms with E-state index in [1.807, 2.05) is 36.4 Å². The zero-order chi connectivity index (χ0) is 15.9. The largest absolute Gasteiger partial charge is 0.454 e. The minimum atomic E-state index is -0.745. The van der Waals surface area contributed by atoms with E-state index in [0.717, 1.165) is 36.6 Å². The summed E-state index contributed by atoms with van der Waals surface area (Å²) < 4.78 is 10.9. The zero-order valence-electron chi connectivity index (χ0n) is 13.3. The second-order valence-corrected chi connectivity index (χ2v) is 6.49. The Morgan fingerprint density at radius 3 is 2.65 bits per heavy atom. The third-order valence-corrected chi connectivity index (χ3v) is 4.86. The Bertz CT molecular complexity index is 716. The van der Waals surface area contributed by atoms with Crippen LogP contribution in [-0.2, 0) is 12.1 Å². The molecule has 1 fully saturated rings. The van der Waals surface area contributed by atoms with E-state index in [1.165, 1.54) is 11.1 Å². The number of nitrogens with zero attached hydrogens (tertiary/aromatic N) is 1. The predicted molar refractivity (Wildman–Crippen MR) is 87.5 cm³/mol. The van der Waals surface area contributed by atoms with Crippen LogP contribution in [0.25, 0.3) is 0 Å². The molecule has 0 radical (unpaired) electrons. The van der Waals surface area contributed by atoms with Crippen molar-refractivity contribution in [1.29, 1.82) is 0 Å². The van der Waals surface area contributed by atoms with Gasteiger partial charge in [-0.05, 0) is 42.2 Å². The van der Waals surface area contributed by atoms with E-state index in [9.17, 15) is 5.11 Å². The molecule has 0 saturated carbocycles. The maximum Gasteiger partial charge on any atom is 0.231 e. The van der Waals surface area contributed by atoms with Gasteiger partial charge in [0, 0.05) is 19.6 Å². The number of aryl methyl sites for hydroxylation is 1. The van der Waals surface area contributed by atoms with Gasteiger partial charge in [0.05, 0.1) is 0 Å². The van der Waals surface area contributed by atoms with Crippen molar-refractivity contribution in [2.75, 3.05) is 19.9 Å². The van der Waals surface area contributed by atoms with Gasteiger partial charge in [-0.3, -0.25) is 4.90 Å². The Kier molecular flexibility index (Phi) is 3.51. The molecule has 4 heteroatoms. The van der Waals surface area contributed by atoms with Crippen molar-refractivity contribution >= 4 is 0 Å². The van der Waals surface area contributed by atoms with Gasteiger partial charge in [-0.25, -0.2) is 0 Å². The van der Waals surface area contributed by atoms with Crippen molar-refractivity contribution in [2.24, 2.45) is 0 Å². The molecule has 1 saturated heterocycles. The molecule has 1 N–H and O–H groups in total. The fourth-order valence-corrected chi connectivity index (χ4v) is 3.49. The molecule has 0 aromatic heterocycles. The van der Waals surface area contributed by atoms with E-state index in [2.05, 4.69) is 17.9 Å². The number of hydrogen-bond donors (Lipinski definition) is 1. The molecular formula is C19H21NO3. The van der Waals surface area contributed by atoms with Gasteiger partial charge in [-0.15, -0.1) is 0 Å². The quantitative estimate of drug-likeness (QED) is 0.946. The van der Waals surface area contributed by atoms with Crippen LogP contribution < -0.4 is 9.47 Å². The topological polar surface area (TPSA) is 41.9 Å². The molecule has 23 heavy (non-hydrogen) atoms. The number of ether oxygens (including phenoxy) is 2. The molecule has 0 aliphatic carbocycles. The Balaban J connectivity index is 1.51. The lowest BCUT2D eigenvalue weighted by molar-refractivity contribution is 0.0453. The van der Waals surface area contributed by atoms with E-state index in [4.69, 9.17) is 9.47 Å². The standard InChI is InChI=1S/C19H21NO3/c1-14-9-17-18(23-13-22-17)10-15(14)11-20-8-7-19(21,12-20)16-5-3-2-4-6-16/h2-6,9-10,21H,7-8,11-13H2,1H3/t19-/m1/s1. The van der Waals surface area contributed by atoms with E-state index in [0.29, 0.717) is 13.3 Å². The maximum absolute atomic E-state index is 10.9. The lowest BCUT2D eigenvalue weighted by Gasteiger charge is -2.24. The Morgan fingerprint density at radius 1 is 1.13 bits per heavy atom. The molecule has 2 aromatic carbocycles. The molecule has 0 amide bonds. The summed E-state index contributed by atoms with van der Waals surface area (Å²) in [5, 5.41) is 10.9. The van der Waals surface area contributed by atoms with Crippen LogP contribution in [0.15, 0.2) is 42.5 Å². The molecule has 2 aromatic rings. The zero-order valence-corrected chi connectivity index (χ0v) is 13.3. The predicted octanol–water partition coefficient (Wildman–Crippen LogP) is 2.82. The van der Waals surface area contributed by atoms with Crippen molar-refractivity contribution in [2.45, 2.75) is 25.5 Å². The van der Waals surface area contributed by atoms with Crippen LogP contribution >= 0.6 is 0 Å². The smallest absolute Gasteiger partial charge is 0.231 e. The second kappa shape index (κ2) is 5.55. The summed E-state index contributed by atoms with van der Waals surface area (Å²) in [4.78, 5) is 2.30. The van der Waals surface area contributed by atoms with Crippen LogP contribution in [0.3, 0.4) is 0 Å². The summed E-state index contributed by atoms with van der Waals surface area (Å²) >= 11 is 0. The SMILES string of the molecule is Cc1cc2c(cc1CN1CC[C@](O)(c3ccccc3)C1)OCO2. The highest BCUT2D eigenvalue weighted by Gasteiger charge is 2.37. The molecule has 0 bridgehead atoms. The van der Waals surface area contributed by atoms with E-state index in [-0.39, 0.29) is 0 Å². The van der Waals surface area contributed by atoms with Gasteiger partial charge in [-0.1, -0.05) is 30.3 Å². The van der Waals surface area contributed by atoms with E-state index >= 15 is 0 Å².